The molecule has 1 aliphatic heterocycles. The number of carbonyl (C=O) groups is 6. The second-order valence-electron chi connectivity index (χ2n) is 15.4. The Balaban J connectivity index is 1.33. The van der Waals surface area contributed by atoms with Crippen molar-refractivity contribution in [1.29, 1.82) is 0 Å². The maximum absolute atomic E-state index is 13.2. The number of fused-ring (bicyclic) bond motifs is 5. The molecule has 0 aromatic heterocycles. The van der Waals surface area contributed by atoms with Crippen molar-refractivity contribution in [3.63, 3.8) is 0 Å². The number of rotatable bonds is 9. The molecule has 0 aromatic rings. The fraction of sp³-hybridized carbons (Fsp3) is 0.833. The molecule has 1 N–H and O–H groups in total. The summed E-state index contributed by atoms with van der Waals surface area (Å²) in [7, 11) is 1.14. The van der Waals surface area contributed by atoms with E-state index < -0.39 is 84.0 Å². The smallest absolute Gasteiger partial charge is 0.339 e. The molecule has 4 aliphatic carbocycles. The molecule has 0 spiro atoms. The Labute approximate surface area is 292 Å². The number of hydrogen-bond acceptors (Lipinski definition) is 14. The van der Waals surface area contributed by atoms with Crippen molar-refractivity contribution in [1.82, 2.24) is 0 Å². The summed E-state index contributed by atoms with van der Waals surface area (Å²) < 4.78 is 38.9. The Hall–Kier alpha value is -3.10. The Morgan fingerprint density at radius 3 is 1.98 bits per heavy atom. The predicted molar refractivity (Wildman–Crippen MR) is 171 cm³/mol. The topological polar surface area (TPSA) is 187 Å². The fourth-order valence-corrected chi connectivity index (χ4v) is 10.5. The number of methoxy groups -OCH3 is 1. The highest BCUT2D eigenvalue weighted by Crippen LogP contribution is 2.68. The van der Waals surface area contributed by atoms with E-state index in [-0.39, 0.29) is 23.4 Å². The van der Waals surface area contributed by atoms with Gasteiger partial charge in [0.05, 0.1) is 13.2 Å². The largest absolute Gasteiger partial charge is 0.467 e. The third-order valence-corrected chi connectivity index (χ3v) is 12.8. The van der Waals surface area contributed by atoms with Crippen LogP contribution in [0.1, 0.15) is 99.3 Å². The Bertz CT molecular complexity index is 1360. The first-order valence-corrected chi connectivity index (χ1v) is 17.7. The van der Waals surface area contributed by atoms with Crippen molar-refractivity contribution in [2.24, 2.45) is 34.5 Å². The number of aliphatic hydroxyl groups is 1. The number of esters is 5. The van der Waals surface area contributed by atoms with Gasteiger partial charge in [-0.15, -0.1) is 0 Å². The van der Waals surface area contributed by atoms with E-state index >= 15 is 0 Å². The average Bonchev–Trinajstić information content (AvgIpc) is 3.32. The third kappa shape index (κ3) is 6.91. The van der Waals surface area contributed by atoms with Crippen molar-refractivity contribution >= 4 is 35.6 Å². The first-order chi connectivity index (χ1) is 23.4. The molecule has 4 saturated carbocycles. The van der Waals surface area contributed by atoms with E-state index in [1.807, 2.05) is 6.92 Å². The van der Waals surface area contributed by atoms with E-state index in [2.05, 4.69) is 6.92 Å². The van der Waals surface area contributed by atoms with Gasteiger partial charge in [-0.2, -0.15) is 0 Å². The zero-order valence-corrected chi connectivity index (χ0v) is 30.1. The minimum atomic E-state index is -1.53. The van der Waals surface area contributed by atoms with Crippen LogP contribution >= 0.6 is 0 Å². The molecule has 14 heteroatoms. The molecule has 5 aliphatic rings. The lowest BCUT2D eigenvalue weighted by atomic mass is 9.44. The quantitative estimate of drug-likeness (QED) is 0.209. The number of hydrogen-bond donors (Lipinski definition) is 1. The summed E-state index contributed by atoms with van der Waals surface area (Å²) in [5, 5.41) is 11.8. The second kappa shape index (κ2) is 14.5. The van der Waals surface area contributed by atoms with E-state index in [4.69, 9.17) is 33.2 Å². The van der Waals surface area contributed by atoms with E-state index in [1.165, 1.54) is 13.8 Å². The van der Waals surface area contributed by atoms with Crippen LogP contribution in [0.5, 0.6) is 0 Å². The maximum atomic E-state index is 13.2. The zero-order valence-electron chi connectivity index (χ0n) is 30.1. The van der Waals surface area contributed by atoms with Gasteiger partial charge < -0.3 is 38.3 Å². The Morgan fingerprint density at radius 2 is 1.36 bits per heavy atom. The standard InChI is InChI=1S/C36H52O14/c1-18(37)45-17-27(41)36(43)15-12-26-24-9-8-22-16-23(10-13-34(22,5)25(24)11-14-35(26,36)6)49-33-31(48-21(4)40)29(47-20(3)39)28(46-19(2)38)30(50-33)32(42)44-7/h22-26,28-31,33,43H,8-17H2,1-7H3. The van der Waals surface area contributed by atoms with Crippen LogP contribution in [0.3, 0.4) is 0 Å². The predicted octanol–water partition coefficient (Wildman–Crippen LogP) is 2.97. The van der Waals surface area contributed by atoms with Gasteiger partial charge in [-0.05, 0) is 86.9 Å². The lowest BCUT2D eigenvalue weighted by Crippen LogP contribution is -2.64. The maximum Gasteiger partial charge on any atom is 0.339 e. The molecule has 1 saturated heterocycles. The third-order valence-electron chi connectivity index (χ3n) is 12.8. The Morgan fingerprint density at radius 1 is 0.740 bits per heavy atom. The molecule has 5 rings (SSSR count). The molecule has 5 fully saturated rings. The second-order valence-corrected chi connectivity index (χ2v) is 15.4. The van der Waals surface area contributed by atoms with Gasteiger partial charge in [0.1, 0.15) is 5.60 Å². The highest BCUT2D eigenvalue weighted by molar-refractivity contribution is 5.91. The van der Waals surface area contributed by atoms with Gasteiger partial charge >= 0.3 is 29.8 Å². The first-order valence-electron chi connectivity index (χ1n) is 17.7. The highest BCUT2D eigenvalue weighted by atomic mass is 16.7. The number of carbonyl (C=O) groups excluding carboxylic acids is 6. The summed E-state index contributed by atoms with van der Waals surface area (Å²) in [5.41, 5.74) is -2.15. The van der Waals surface area contributed by atoms with Gasteiger partial charge in [0.25, 0.3) is 0 Å². The monoisotopic (exact) mass is 708 g/mol. The van der Waals surface area contributed by atoms with Crippen LogP contribution in [-0.2, 0) is 61.9 Å². The van der Waals surface area contributed by atoms with Gasteiger partial charge in [-0.1, -0.05) is 13.8 Å². The molecule has 0 amide bonds. The van der Waals surface area contributed by atoms with Crippen molar-refractivity contribution in [3.05, 3.63) is 0 Å². The lowest BCUT2D eigenvalue weighted by molar-refractivity contribution is -0.315. The minimum absolute atomic E-state index is 0.0233. The van der Waals surface area contributed by atoms with Crippen molar-refractivity contribution in [2.75, 3.05) is 13.7 Å². The van der Waals surface area contributed by atoms with Gasteiger partial charge in [-0.3, -0.25) is 24.0 Å². The SMILES string of the molecule is COC(=O)C1OC(OC2CCC3(C)C(CCC4C3CCC3(C)C4CCC3(O)C(=O)COC(C)=O)C2)C(OC(C)=O)C(OC(C)=O)C1OC(C)=O. The average molecular weight is 709 g/mol. The van der Waals surface area contributed by atoms with Crippen LogP contribution in [0.4, 0.5) is 0 Å². The van der Waals surface area contributed by atoms with Gasteiger partial charge in [0.15, 0.2) is 37.3 Å². The molecule has 0 bridgehead atoms. The van der Waals surface area contributed by atoms with Crippen LogP contribution in [0.25, 0.3) is 0 Å². The van der Waals surface area contributed by atoms with Crippen LogP contribution < -0.4 is 0 Å². The van der Waals surface area contributed by atoms with Crippen LogP contribution in [0.15, 0.2) is 0 Å². The zero-order chi connectivity index (χ0) is 36.8. The van der Waals surface area contributed by atoms with Crippen molar-refractivity contribution in [2.45, 2.75) is 142 Å². The summed E-state index contributed by atoms with van der Waals surface area (Å²) in [5.74, 6) is -2.93. The molecule has 0 aromatic carbocycles. The molecule has 1 heterocycles. The summed E-state index contributed by atoms with van der Waals surface area (Å²) >= 11 is 0. The normalized spacial score (nSPS) is 42.1. The Kier molecular flexibility index (Phi) is 11.1. The number of Topliss-reactive ketones (excluding diaryl/α,β-unsaturated/α-hetero) is 1. The molecular formula is C36H52O14. The summed E-state index contributed by atoms with van der Waals surface area (Å²) in [6.07, 6.45) is -0.752. The van der Waals surface area contributed by atoms with E-state index in [1.54, 1.807) is 0 Å². The molecule has 13 atom stereocenters. The summed E-state index contributed by atoms with van der Waals surface area (Å²) in [6, 6.07) is 0. The molecule has 0 radical (unpaired) electrons. The number of ether oxygens (including phenoxy) is 7. The van der Waals surface area contributed by atoms with Crippen LogP contribution in [0, 0.1) is 34.5 Å². The molecule has 13 unspecified atom stereocenters. The van der Waals surface area contributed by atoms with Crippen LogP contribution in [-0.4, -0.2) is 96.9 Å². The van der Waals surface area contributed by atoms with Gasteiger partial charge in [-0.25, -0.2) is 4.79 Å². The number of ketones is 1. The van der Waals surface area contributed by atoms with Crippen LogP contribution in [0.2, 0.25) is 0 Å². The first kappa shape index (κ1) is 38.1. The fourth-order valence-electron chi connectivity index (χ4n) is 10.5. The van der Waals surface area contributed by atoms with Crippen molar-refractivity contribution < 1.29 is 67.0 Å². The molecule has 50 heavy (non-hydrogen) atoms. The summed E-state index contributed by atoms with van der Waals surface area (Å²) in [6.45, 7) is 8.66. The van der Waals surface area contributed by atoms with E-state index in [0.717, 1.165) is 53.1 Å². The molecular weight excluding hydrogens is 656 g/mol. The van der Waals surface area contributed by atoms with Crippen molar-refractivity contribution in [3.8, 4) is 0 Å². The van der Waals surface area contributed by atoms with E-state index in [0.29, 0.717) is 37.5 Å². The lowest BCUT2D eigenvalue weighted by Gasteiger charge is -2.61. The highest BCUT2D eigenvalue weighted by Gasteiger charge is 2.67. The summed E-state index contributed by atoms with van der Waals surface area (Å²) in [4.78, 5) is 74.0. The molecule has 14 nitrogen and oxygen atoms in total. The van der Waals surface area contributed by atoms with E-state index in [9.17, 15) is 33.9 Å². The van der Waals surface area contributed by atoms with Gasteiger partial charge in [0.2, 0.25) is 5.78 Å². The minimum Gasteiger partial charge on any atom is -0.467 e. The van der Waals surface area contributed by atoms with Gasteiger partial charge in [0, 0.05) is 33.1 Å². The molecule has 280 valence electrons.